The van der Waals surface area contributed by atoms with Crippen LogP contribution in [-0.2, 0) is 23.0 Å². The predicted octanol–water partition coefficient (Wildman–Crippen LogP) is 1.85. The molecule has 3 N–H and O–H groups in total. The van der Waals surface area contributed by atoms with Gasteiger partial charge in [-0.25, -0.2) is 18.5 Å². The van der Waals surface area contributed by atoms with Gasteiger partial charge in [-0.3, -0.25) is 4.90 Å². The number of rotatable bonds is 5. The van der Waals surface area contributed by atoms with Crippen LogP contribution in [0.15, 0.2) is 41.4 Å². The summed E-state index contributed by atoms with van der Waals surface area (Å²) in [5.74, 6) is 0.292. The number of aromatic nitrogens is 1. The summed E-state index contributed by atoms with van der Waals surface area (Å²) in [6.07, 6.45) is 2.46. The summed E-state index contributed by atoms with van der Waals surface area (Å²) in [7, 11) is -3.79. The number of nitrogens with zero attached hydrogens (tertiary/aromatic N) is 2. The molecule has 0 amide bonds. The van der Waals surface area contributed by atoms with E-state index < -0.39 is 10.0 Å². The highest BCUT2D eigenvalue weighted by atomic mass is 35.5. The maximum atomic E-state index is 11.6. The van der Waals surface area contributed by atoms with Crippen molar-refractivity contribution in [2.24, 2.45) is 5.14 Å². The van der Waals surface area contributed by atoms with Gasteiger partial charge in [0.2, 0.25) is 10.0 Å². The van der Waals surface area contributed by atoms with E-state index >= 15 is 0 Å². The zero-order chi connectivity index (χ0) is 17.2. The minimum atomic E-state index is -3.79. The van der Waals surface area contributed by atoms with Gasteiger partial charge in [-0.15, -0.1) is 0 Å². The summed E-state index contributed by atoms with van der Waals surface area (Å²) in [6, 6.07) is 8.99. The SMILES string of the molecule is NS(=O)(=O)c1cccnc1NCCN1CCc2c(Cl)cccc2C1. The molecule has 6 nitrogen and oxygen atoms in total. The number of anilines is 1. The molecule has 2 heterocycles. The molecule has 0 spiro atoms. The van der Waals surface area contributed by atoms with Crippen molar-refractivity contribution in [1.29, 1.82) is 0 Å². The maximum Gasteiger partial charge on any atom is 0.241 e. The summed E-state index contributed by atoms with van der Waals surface area (Å²) in [5.41, 5.74) is 2.47. The van der Waals surface area contributed by atoms with Crippen molar-refractivity contribution in [3.05, 3.63) is 52.7 Å². The van der Waals surface area contributed by atoms with E-state index in [4.69, 9.17) is 16.7 Å². The number of benzene rings is 1. The minimum absolute atomic E-state index is 0.0146. The fourth-order valence-corrected chi connectivity index (χ4v) is 3.85. The number of hydrogen-bond acceptors (Lipinski definition) is 5. The van der Waals surface area contributed by atoms with E-state index in [1.165, 1.54) is 23.4 Å². The second-order valence-corrected chi connectivity index (χ2v) is 7.66. The normalized spacial score (nSPS) is 15.1. The molecule has 1 aliphatic rings. The van der Waals surface area contributed by atoms with Gasteiger partial charge in [0.15, 0.2) is 0 Å². The topological polar surface area (TPSA) is 88.3 Å². The second kappa shape index (κ2) is 7.06. The fourth-order valence-electron chi connectivity index (χ4n) is 2.90. The largest absolute Gasteiger partial charge is 0.368 e. The zero-order valence-electron chi connectivity index (χ0n) is 13.1. The van der Waals surface area contributed by atoms with Crippen molar-refractivity contribution in [2.45, 2.75) is 17.9 Å². The number of hydrogen-bond donors (Lipinski definition) is 2. The van der Waals surface area contributed by atoms with E-state index in [2.05, 4.69) is 21.3 Å². The molecule has 0 aliphatic carbocycles. The first-order valence-corrected chi connectivity index (χ1v) is 9.58. The molecule has 1 aliphatic heterocycles. The number of nitrogens with two attached hydrogens (primary N) is 1. The molecule has 0 atom stereocenters. The molecule has 0 fully saturated rings. The smallest absolute Gasteiger partial charge is 0.241 e. The van der Waals surface area contributed by atoms with Crippen LogP contribution in [0.4, 0.5) is 5.82 Å². The third-order valence-electron chi connectivity index (χ3n) is 4.09. The minimum Gasteiger partial charge on any atom is -0.368 e. The lowest BCUT2D eigenvalue weighted by Gasteiger charge is -2.29. The highest BCUT2D eigenvalue weighted by molar-refractivity contribution is 7.89. The van der Waals surface area contributed by atoms with Gasteiger partial charge in [0.1, 0.15) is 10.7 Å². The summed E-state index contributed by atoms with van der Waals surface area (Å²) < 4.78 is 23.1. The van der Waals surface area contributed by atoms with E-state index in [1.807, 2.05) is 12.1 Å². The Labute approximate surface area is 146 Å². The maximum absolute atomic E-state index is 11.6. The molecule has 3 rings (SSSR count). The Morgan fingerprint density at radius 2 is 2.12 bits per heavy atom. The molecule has 0 bridgehead atoms. The highest BCUT2D eigenvalue weighted by Gasteiger charge is 2.18. The lowest BCUT2D eigenvalue weighted by molar-refractivity contribution is 0.264. The van der Waals surface area contributed by atoms with Gasteiger partial charge in [-0.2, -0.15) is 0 Å². The first kappa shape index (κ1) is 17.2. The lowest BCUT2D eigenvalue weighted by Crippen LogP contribution is -2.34. The number of primary sulfonamides is 1. The van der Waals surface area contributed by atoms with E-state index in [0.717, 1.165) is 31.1 Å². The van der Waals surface area contributed by atoms with Crippen molar-refractivity contribution < 1.29 is 8.42 Å². The van der Waals surface area contributed by atoms with Crippen LogP contribution in [0.3, 0.4) is 0 Å². The first-order valence-electron chi connectivity index (χ1n) is 7.65. The molecular formula is C16H19ClN4O2S. The quantitative estimate of drug-likeness (QED) is 0.843. The first-order chi connectivity index (χ1) is 11.4. The summed E-state index contributed by atoms with van der Waals surface area (Å²) in [6.45, 7) is 3.10. The molecule has 0 radical (unpaired) electrons. The lowest BCUT2D eigenvalue weighted by atomic mass is 10.00. The molecule has 0 saturated heterocycles. The fraction of sp³-hybridized carbons (Fsp3) is 0.312. The molecular weight excluding hydrogens is 348 g/mol. The van der Waals surface area contributed by atoms with Crippen LogP contribution in [0.2, 0.25) is 5.02 Å². The molecule has 8 heteroatoms. The van der Waals surface area contributed by atoms with Crippen molar-refractivity contribution in [3.63, 3.8) is 0 Å². The number of fused-ring (bicyclic) bond motifs is 1. The number of nitrogens with one attached hydrogen (secondary N) is 1. The number of pyridine rings is 1. The second-order valence-electron chi connectivity index (χ2n) is 5.73. The van der Waals surface area contributed by atoms with Crippen LogP contribution in [0.5, 0.6) is 0 Å². The average Bonchev–Trinajstić information content (AvgIpc) is 2.54. The third kappa shape index (κ3) is 3.87. The Kier molecular flexibility index (Phi) is 5.05. The van der Waals surface area contributed by atoms with Crippen LogP contribution in [0.25, 0.3) is 0 Å². The van der Waals surface area contributed by atoms with Crippen molar-refractivity contribution in [2.75, 3.05) is 25.0 Å². The van der Waals surface area contributed by atoms with Gasteiger partial charge in [-0.05, 0) is 35.7 Å². The van der Waals surface area contributed by atoms with Crippen molar-refractivity contribution >= 4 is 27.4 Å². The van der Waals surface area contributed by atoms with Gasteiger partial charge in [0.25, 0.3) is 0 Å². The molecule has 0 saturated carbocycles. The molecule has 128 valence electrons. The van der Waals surface area contributed by atoms with Crippen LogP contribution in [0, 0.1) is 0 Å². The van der Waals surface area contributed by atoms with E-state index in [1.54, 1.807) is 6.07 Å². The van der Waals surface area contributed by atoms with Crippen LogP contribution < -0.4 is 10.5 Å². The van der Waals surface area contributed by atoms with Gasteiger partial charge < -0.3 is 5.32 Å². The Bertz CT molecular complexity index is 842. The Morgan fingerprint density at radius 3 is 2.92 bits per heavy atom. The number of sulfonamides is 1. The van der Waals surface area contributed by atoms with Gasteiger partial charge in [0.05, 0.1) is 0 Å². The summed E-state index contributed by atoms with van der Waals surface area (Å²) in [5, 5.41) is 9.10. The molecule has 24 heavy (non-hydrogen) atoms. The van der Waals surface area contributed by atoms with Crippen LogP contribution in [0.1, 0.15) is 11.1 Å². The Morgan fingerprint density at radius 1 is 1.29 bits per heavy atom. The monoisotopic (exact) mass is 366 g/mol. The van der Waals surface area contributed by atoms with Gasteiger partial charge in [-0.1, -0.05) is 23.7 Å². The average molecular weight is 367 g/mol. The Hall–Kier alpha value is -1.67. The van der Waals surface area contributed by atoms with E-state index in [-0.39, 0.29) is 4.90 Å². The number of halogens is 1. The molecule has 1 aromatic heterocycles. The molecule has 0 unspecified atom stereocenters. The van der Waals surface area contributed by atoms with E-state index in [9.17, 15) is 8.42 Å². The van der Waals surface area contributed by atoms with Gasteiger partial charge in [0, 0.05) is 37.4 Å². The highest BCUT2D eigenvalue weighted by Crippen LogP contribution is 2.25. The van der Waals surface area contributed by atoms with Gasteiger partial charge >= 0.3 is 0 Å². The third-order valence-corrected chi connectivity index (χ3v) is 5.38. The standard InChI is InChI=1S/C16H19ClN4O2S/c17-14-4-1-3-12-11-21(9-6-13(12)14)10-8-20-16-15(24(18,22)23)5-2-7-19-16/h1-5,7H,6,8-11H2,(H,19,20)(H2,18,22,23). The summed E-state index contributed by atoms with van der Waals surface area (Å²) >= 11 is 6.23. The molecule has 2 aromatic rings. The van der Waals surface area contributed by atoms with Crippen LogP contribution in [-0.4, -0.2) is 37.9 Å². The summed E-state index contributed by atoms with van der Waals surface area (Å²) in [4.78, 5) is 6.38. The molecule has 1 aromatic carbocycles. The Balaban J connectivity index is 1.61. The van der Waals surface area contributed by atoms with Crippen LogP contribution >= 0.6 is 11.6 Å². The van der Waals surface area contributed by atoms with Crippen molar-refractivity contribution in [1.82, 2.24) is 9.88 Å². The predicted molar refractivity (Wildman–Crippen MR) is 94.5 cm³/mol. The van der Waals surface area contributed by atoms with Crippen molar-refractivity contribution in [3.8, 4) is 0 Å². The van der Waals surface area contributed by atoms with E-state index in [0.29, 0.717) is 12.4 Å². The zero-order valence-corrected chi connectivity index (χ0v) is 14.6.